The van der Waals surface area contributed by atoms with Crippen molar-refractivity contribution in [3.63, 3.8) is 0 Å². The summed E-state index contributed by atoms with van der Waals surface area (Å²) in [4.78, 5) is 12.8. The third-order valence-corrected chi connectivity index (χ3v) is 4.94. The van der Waals surface area contributed by atoms with E-state index in [1.807, 2.05) is 5.38 Å². The number of rotatable bonds is 3. The Kier molecular flexibility index (Phi) is 3.32. The molecule has 2 unspecified atom stereocenters. The molecule has 2 saturated heterocycles. The van der Waals surface area contributed by atoms with Gasteiger partial charge < -0.3 is 5.32 Å². The standard InChI is InChI=1S/C12H17N3O2S/c16-15(17)12-3-9(8-18-12)6-14-2-1-10-4-13-5-11(10)7-14/h3,8,10-11,13H,1-2,4-7H2. The van der Waals surface area contributed by atoms with E-state index in [-0.39, 0.29) is 9.92 Å². The summed E-state index contributed by atoms with van der Waals surface area (Å²) in [6.45, 7) is 5.40. The third kappa shape index (κ3) is 2.41. The van der Waals surface area contributed by atoms with E-state index in [0.29, 0.717) is 0 Å². The largest absolute Gasteiger partial charge is 0.324 e. The molecule has 2 aliphatic rings. The molecular formula is C12H17N3O2S. The quantitative estimate of drug-likeness (QED) is 0.669. The first kappa shape index (κ1) is 12.1. The zero-order valence-electron chi connectivity index (χ0n) is 10.2. The number of nitro groups is 1. The van der Waals surface area contributed by atoms with E-state index in [2.05, 4.69) is 10.2 Å². The highest BCUT2D eigenvalue weighted by atomic mass is 32.1. The van der Waals surface area contributed by atoms with Crippen molar-refractivity contribution < 1.29 is 4.92 Å². The molecule has 0 radical (unpaired) electrons. The molecule has 1 N–H and O–H groups in total. The summed E-state index contributed by atoms with van der Waals surface area (Å²) in [5, 5.41) is 16.3. The Morgan fingerprint density at radius 1 is 1.50 bits per heavy atom. The molecular weight excluding hydrogens is 250 g/mol. The van der Waals surface area contributed by atoms with Gasteiger partial charge in [-0.25, -0.2) is 0 Å². The Morgan fingerprint density at radius 2 is 2.33 bits per heavy atom. The van der Waals surface area contributed by atoms with Crippen LogP contribution in [0.4, 0.5) is 5.00 Å². The summed E-state index contributed by atoms with van der Waals surface area (Å²) in [6.07, 6.45) is 1.25. The molecule has 98 valence electrons. The molecule has 3 rings (SSSR count). The van der Waals surface area contributed by atoms with Gasteiger partial charge in [-0.15, -0.1) is 0 Å². The minimum Gasteiger partial charge on any atom is -0.316 e. The van der Waals surface area contributed by atoms with E-state index in [1.165, 1.54) is 24.3 Å². The molecule has 0 aromatic carbocycles. The predicted octanol–water partition coefficient (Wildman–Crippen LogP) is 1.70. The monoisotopic (exact) mass is 267 g/mol. The van der Waals surface area contributed by atoms with Crippen molar-refractivity contribution in [3.8, 4) is 0 Å². The fourth-order valence-electron chi connectivity index (χ4n) is 3.05. The number of likely N-dealkylation sites (tertiary alicyclic amines) is 1. The van der Waals surface area contributed by atoms with Gasteiger partial charge in [-0.3, -0.25) is 15.0 Å². The highest BCUT2D eigenvalue weighted by Gasteiger charge is 2.32. The van der Waals surface area contributed by atoms with Crippen molar-refractivity contribution in [2.45, 2.75) is 13.0 Å². The Hall–Kier alpha value is -0.980. The molecule has 18 heavy (non-hydrogen) atoms. The summed E-state index contributed by atoms with van der Waals surface area (Å²) >= 11 is 1.23. The van der Waals surface area contributed by atoms with Crippen LogP contribution in [0.3, 0.4) is 0 Å². The van der Waals surface area contributed by atoms with Crippen LogP contribution in [0.25, 0.3) is 0 Å². The normalized spacial score (nSPS) is 28.2. The van der Waals surface area contributed by atoms with Crippen LogP contribution in [0.5, 0.6) is 0 Å². The van der Waals surface area contributed by atoms with E-state index in [4.69, 9.17) is 0 Å². The van der Waals surface area contributed by atoms with Crippen LogP contribution in [0, 0.1) is 22.0 Å². The Balaban J connectivity index is 1.60. The van der Waals surface area contributed by atoms with Crippen molar-refractivity contribution in [2.24, 2.45) is 11.8 Å². The third-order valence-electron chi connectivity index (χ3n) is 4.01. The van der Waals surface area contributed by atoms with Crippen LogP contribution in [0.1, 0.15) is 12.0 Å². The second-order valence-electron chi connectivity index (χ2n) is 5.25. The van der Waals surface area contributed by atoms with E-state index in [1.54, 1.807) is 6.07 Å². The molecule has 2 fully saturated rings. The molecule has 3 heterocycles. The van der Waals surface area contributed by atoms with Gasteiger partial charge in [-0.2, -0.15) is 0 Å². The molecule has 5 nitrogen and oxygen atoms in total. The second-order valence-corrected chi connectivity index (χ2v) is 6.14. The minimum atomic E-state index is -0.304. The van der Waals surface area contributed by atoms with Crippen LogP contribution >= 0.6 is 11.3 Å². The lowest BCUT2D eigenvalue weighted by atomic mass is 9.88. The minimum absolute atomic E-state index is 0.252. The Bertz CT molecular complexity index is 448. The molecule has 1 aromatic rings. The number of nitrogens with zero attached hydrogens (tertiary/aromatic N) is 2. The van der Waals surface area contributed by atoms with Gasteiger partial charge in [0.1, 0.15) is 0 Å². The maximum Gasteiger partial charge on any atom is 0.324 e. The predicted molar refractivity (Wildman–Crippen MR) is 70.7 cm³/mol. The van der Waals surface area contributed by atoms with Gasteiger partial charge in [0.05, 0.1) is 4.92 Å². The second kappa shape index (κ2) is 4.95. The number of hydrogen-bond acceptors (Lipinski definition) is 5. The Labute approximate surface area is 110 Å². The van der Waals surface area contributed by atoms with E-state index in [0.717, 1.165) is 43.6 Å². The number of fused-ring (bicyclic) bond motifs is 1. The first-order valence-corrected chi connectivity index (χ1v) is 7.25. The van der Waals surface area contributed by atoms with Crippen molar-refractivity contribution in [1.82, 2.24) is 10.2 Å². The summed E-state index contributed by atoms with van der Waals surface area (Å²) in [5.41, 5.74) is 1.08. The van der Waals surface area contributed by atoms with Gasteiger partial charge in [0.2, 0.25) is 0 Å². The smallest absolute Gasteiger partial charge is 0.316 e. The van der Waals surface area contributed by atoms with E-state index in [9.17, 15) is 10.1 Å². The lowest BCUT2D eigenvalue weighted by molar-refractivity contribution is -0.380. The average molecular weight is 267 g/mol. The fourth-order valence-corrected chi connectivity index (χ4v) is 3.77. The molecule has 1 aromatic heterocycles. The highest BCUT2D eigenvalue weighted by Crippen LogP contribution is 2.29. The summed E-state index contributed by atoms with van der Waals surface area (Å²) in [6, 6.07) is 1.71. The van der Waals surface area contributed by atoms with Crippen molar-refractivity contribution >= 4 is 16.3 Å². The van der Waals surface area contributed by atoms with Crippen LogP contribution in [0.2, 0.25) is 0 Å². The first-order chi connectivity index (χ1) is 8.72. The van der Waals surface area contributed by atoms with Crippen molar-refractivity contribution in [1.29, 1.82) is 0 Å². The molecule has 0 amide bonds. The lowest BCUT2D eigenvalue weighted by Gasteiger charge is -2.34. The van der Waals surface area contributed by atoms with E-state index < -0.39 is 0 Å². The van der Waals surface area contributed by atoms with Gasteiger partial charge in [0.15, 0.2) is 0 Å². The molecule has 0 aliphatic carbocycles. The van der Waals surface area contributed by atoms with Crippen LogP contribution in [-0.4, -0.2) is 36.0 Å². The SMILES string of the molecule is O=[N+]([O-])c1cc(CN2CCC3CNCC3C2)cs1. The average Bonchev–Trinajstić information content (AvgIpc) is 2.96. The zero-order chi connectivity index (χ0) is 12.5. The van der Waals surface area contributed by atoms with Crippen molar-refractivity contribution in [2.75, 3.05) is 26.2 Å². The summed E-state index contributed by atoms with van der Waals surface area (Å²) in [7, 11) is 0. The van der Waals surface area contributed by atoms with Gasteiger partial charge >= 0.3 is 5.00 Å². The van der Waals surface area contributed by atoms with Gasteiger partial charge in [-0.1, -0.05) is 11.3 Å². The van der Waals surface area contributed by atoms with E-state index >= 15 is 0 Å². The maximum atomic E-state index is 10.7. The van der Waals surface area contributed by atoms with Gasteiger partial charge in [0, 0.05) is 24.5 Å². The lowest BCUT2D eigenvalue weighted by Crippen LogP contribution is -2.39. The zero-order valence-corrected chi connectivity index (χ0v) is 11.0. The molecule has 6 heteroatoms. The highest BCUT2D eigenvalue weighted by molar-refractivity contribution is 7.13. The summed E-state index contributed by atoms with van der Waals surface area (Å²) < 4.78 is 0. The molecule has 2 atom stereocenters. The van der Waals surface area contributed by atoms with Crippen LogP contribution in [0.15, 0.2) is 11.4 Å². The number of hydrogen-bond donors (Lipinski definition) is 1. The first-order valence-electron chi connectivity index (χ1n) is 6.37. The van der Waals surface area contributed by atoms with Crippen molar-refractivity contribution in [3.05, 3.63) is 27.1 Å². The summed E-state index contributed by atoms with van der Waals surface area (Å²) in [5.74, 6) is 1.62. The fraction of sp³-hybridized carbons (Fsp3) is 0.667. The number of nitrogens with one attached hydrogen (secondary N) is 1. The maximum absolute atomic E-state index is 10.7. The molecule has 0 saturated carbocycles. The van der Waals surface area contributed by atoms with Crippen LogP contribution < -0.4 is 5.32 Å². The van der Waals surface area contributed by atoms with Gasteiger partial charge in [0.25, 0.3) is 0 Å². The number of piperidine rings is 1. The number of thiophene rings is 1. The van der Waals surface area contributed by atoms with Gasteiger partial charge in [-0.05, 0) is 43.5 Å². The Morgan fingerprint density at radius 3 is 3.11 bits per heavy atom. The molecule has 0 bridgehead atoms. The van der Waals surface area contributed by atoms with Crippen LogP contribution in [-0.2, 0) is 6.54 Å². The topological polar surface area (TPSA) is 58.4 Å². The molecule has 2 aliphatic heterocycles. The molecule has 0 spiro atoms.